The first-order valence-corrected chi connectivity index (χ1v) is 5.60. The number of aryl methyl sites for hydroxylation is 1. The van der Waals surface area contributed by atoms with Crippen LogP contribution in [0.2, 0.25) is 0 Å². The van der Waals surface area contributed by atoms with Crippen molar-refractivity contribution >= 4 is 8.35 Å². The summed E-state index contributed by atoms with van der Waals surface area (Å²) in [4.78, 5) is 4.17. The van der Waals surface area contributed by atoms with Gasteiger partial charge in [0.2, 0.25) is 0 Å². The van der Waals surface area contributed by atoms with E-state index < -0.39 is 0 Å². The topological polar surface area (TPSA) is 28.7 Å². The van der Waals surface area contributed by atoms with E-state index in [1.165, 1.54) is 46.1 Å². The van der Waals surface area contributed by atoms with Gasteiger partial charge in [-0.25, -0.2) is 0 Å². The van der Waals surface area contributed by atoms with Gasteiger partial charge < -0.3 is 0 Å². The SMILES string of the molecule is Cc1[nH]npc1C1CCCCC1. The van der Waals surface area contributed by atoms with Gasteiger partial charge in [-0.05, 0) is 25.7 Å². The minimum Gasteiger partial charge on any atom is -0.278 e. The van der Waals surface area contributed by atoms with Crippen LogP contribution in [0, 0.1) is 6.92 Å². The monoisotopic (exact) mass is 182 g/mol. The molecule has 0 saturated heterocycles. The van der Waals surface area contributed by atoms with Crippen LogP contribution in [0.15, 0.2) is 0 Å². The highest BCUT2D eigenvalue weighted by Gasteiger charge is 2.18. The molecule has 0 amide bonds. The van der Waals surface area contributed by atoms with E-state index in [1.54, 1.807) is 5.30 Å². The van der Waals surface area contributed by atoms with E-state index in [-0.39, 0.29) is 0 Å². The number of hydrogen-bond acceptors (Lipinski definition) is 1. The van der Waals surface area contributed by atoms with Crippen LogP contribution in [0.1, 0.15) is 49.0 Å². The molecule has 1 saturated carbocycles. The molecule has 0 bridgehead atoms. The van der Waals surface area contributed by atoms with Crippen LogP contribution in [0.5, 0.6) is 0 Å². The average Bonchev–Trinajstić information content (AvgIpc) is 2.53. The third kappa shape index (κ3) is 1.54. The molecule has 12 heavy (non-hydrogen) atoms. The van der Waals surface area contributed by atoms with E-state index >= 15 is 0 Å². The maximum absolute atomic E-state index is 4.17. The summed E-state index contributed by atoms with van der Waals surface area (Å²) in [6.07, 6.45) is 7.03. The molecule has 1 fully saturated rings. The van der Waals surface area contributed by atoms with Gasteiger partial charge in [-0.2, -0.15) is 4.86 Å². The summed E-state index contributed by atoms with van der Waals surface area (Å²) in [6.45, 7) is 2.15. The van der Waals surface area contributed by atoms with Gasteiger partial charge in [0.25, 0.3) is 0 Å². The maximum atomic E-state index is 4.17. The van der Waals surface area contributed by atoms with E-state index in [9.17, 15) is 0 Å². The lowest BCUT2D eigenvalue weighted by atomic mass is 9.88. The molecule has 0 radical (unpaired) electrons. The Morgan fingerprint density at radius 2 is 2.08 bits per heavy atom. The minimum absolute atomic E-state index is 0.833. The predicted molar refractivity (Wildman–Crippen MR) is 51.7 cm³/mol. The highest BCUT2D eigenvalue weighted by molar-refractivity contribution is 7.26. The molecule has 1 N–H and O–H groups in total. The Labute approximate surface area is 74.9 Å². The number of aromatic amines is 1. The highest BCUT2D eigenvalue weighted by Crippen LogP contribution is 2.36. The molecule has 2 rings (SSSR count). The number of aromatic nitrogens is 2. The lowest BCUT2D eigenvalue weighted by molar-refractivity contribution is 0.447. The second-order valence-corrected chi connectivity index (χ2v) is 4.54. The van der Waals surface area contributed by atoms with Crippen molar-refractivity contribution in [1.82, 2.24) is 9.96 Å². The second kappa shape index (κ2) is 3.57. The molecule has 66 valence electrons. The van der Waals surface area contributed by atoms with Gasteiger partial charge in [-0.1, -0.05) is 19.3 Å². The van der Waals surface area contributed by atoms with Crippen LogP contribution in [0.25, 0.3) is 0 Å². The fourth-order valence-electron chi connectivity index (χ4n) is 2.05. The van der Waals surface area contributed by atoms with Gasteiger partial charge in [-0.3, -0.25) is 5.10 Å². The number of nitrogens with one attached hydrogen (secondary N) is 1. The predicted octanol–water partition coefficient (Wildman–Crippen LogP) is 3.35. The lowest BCUT2D eigenvalue weighted by Gasteiger charge is -2.20. The van der Waals surface area contributed by atoms with Gasteiger partial charge in [0.1, 0.15) is 0 Å². The van der Waals surface area contributed by atoms with Crippen LogP contribution in [-0.4, -0.2) is 9.96 Å². The summed E-state index contributed by atoms with van der Waals surface area (Å²) >= 11 is 0. The van der Waals surface area contributed by atoms with Crippen LogP contribution < -0.4 is 0 Å². The van der Waals surface area contributed by atoms with Crippen molar-refractivity contribution in [2.24, 2.45) is 0 Å². The Balaban J connectivity index is 2.13. The van der Waals surface area contributed by atoms with Crippen molar-refractivity contribution in [1.29, 1.82) is 0 Å². The fourth-order valence-corrected chi connectivity index (χ4v) is 2.98. The molecule has 1 aromatic heterocycles. The van der Waals surface area contributed by atoms with Gasteiger partial charge in [-0.15, -0.1) is 0 Å². The summed E-state index contributed by atoms with van der Waals surface area (Å²) in [6, 6.07) is 0. The van der Waals surface area contributed by atoms with Crippen molar-refractivity contribution in [2.45, 2.75) is 44.9 Å². The zero-order valence-corrected chi connectivity index (χ0v) is 8.40. The Bertz CT molecular complexity index is 251. The van der Waals surface area contributed by atoms with Crippen molar-refractivity contribution in [3.8, 4) is 0 Å². The van der Waals surface area contributed by atoms with Crippen LogP contribution >= 0.6 is 8.35 Å². The molecule has 1 aliphatic carbocycles. The summed E-state index contributed by atoms with van der Waals surface area (Å²) in [7, 11) is 1.18. The fraction of sp³-hybridized carbons (Fsp3) is 0.778. The summed E-state index contributed by atoms with van der Waals surface area (Å²) in [5.41, 5.74) is 1.31. The molecular formula is C9H15N2P. The molecular weight excluding hydrogens is 167 g/mol. The Morgan fingerprint density at radius 3 is 2.67 bits per heavy atom. The largest absolute Gasteiger partial charge is 0.278 e. The standard InChI is InChI=1S/C9H15N2P/c1-7-9(12-11-10-7)8-5-3-2-4-6-8/h8H,2-6H2,1H3,(H,10,11). The maximum Gasteiger partial charge on any atom is 0.0663 e. The number of H-pyrrole nitrogens is 1. The molecule has 0 spiro atoms. The average molecular weight is 182 g/mol. The van der Waals surface area contributed by atoms with Crippen LogP contribution in [-0.2, 0) is 0 Å². The van der Waals surface area contributed by atoms with Crippen molar-refractivity contribution < 1.29 is 0 Å². The van der Waals surface area contributed by atoms with E-state index in [4.69, 9.17) is 0 Å². The Morgan fingerprint density at radius 1 is 1.33 bits per heavy atom. The smallest absolute Gasteiger partial charge is 0.0663 e. The third-order valence-corrected chi connectivity index (χ3v) is 3.87. The third-order valence-electron chi connectivity index (χ3n) is 2.75. The molecule has 0 atom stereocenters. The van der Waals surface area contributed by atoms with Gasteiger partial charge in [0.05, 0.1) is 8.35 Å². The first-order valence-electron chi connectivity index (χ1n) is 4.75. The molecule has 0 aromatic carbocycles. The van der Waals surface area contributed by atoms with Gasteiger partial charge >= 0.3 is 0 Å². The summed E-state index contributed by atoms with van der Waals surface area (Å²) < 4.78 is 0. The van der Waals surface area contributed by atoms with Gasteiger partial charge in [0.15, 0.2) is 0 Å². The highest BCUT2D eigenvalue weighted by atomic mass is 31.0. The van der Waals surface area contributed by atoms with Gasteiger partial charge in [0, 0.05) is 11.0 Å². The minimum atomic E-state index is 0.833. The van der Waals surface area contributed by atoms with Crippen LogP contribution in [0.3, 0.4) is 0 Å². The van der Waals surface area contributed by atoms with Crippen molar-refractivity contribution in [3.63, 3.8) is 0 Å². The van der Waals surface area contributed by atoms with Crippen molar-refractivity contribution in [3.05, 3.63) is 11.0 Å². The number of nitrogens with zero attached hydrogens (tertiary/aromatic N) is 1. The van der Waals surface area contributed by atoms with Crippen molar-refractivity contribution in [2.75, 3.05) is 0 Å². The zero-order chi connectivity index (χ0) is 8.39. The molecule has 2 nitrogen and oxygen atoms in total. The van der Waals surface area contributed by atoms with E-state index in [2.05, 4.69) is 16.9 Å². The quantitative estimate of drug-likeness (QED) is 0.708. The molecule has 0 aliphatic heterocycles. The van der Waals surface area contributed by atoms with Crippen LogP contribution in [0.4, 0.5) is 0 Å². The molecule has 1 heterocycles. The molecule has 3 heteroatoms. The lowest BCUT2D eigenvalue weighted by Crippen LogP contribution is -2.03. The second-order valence-electron chi connectivity index (χ2n) is 3.66. The Hall–Kier alpha value is -0.360. The molecule has 1 aliphatic rings. The van der Waals surface area contributed by atoms with E-state index in [0.717, 1.165) is 5.92 Å². The molecule has 0 unspecified atom stereocenters. The number of rotatable bonds is 1. The van der Waals surface area contributed by atoms with E-state index in [0.29, 0.717) is 0 Å². The number of hydrogen-bond donors (Lipinski definition) is 1. The molecule has 1 aromatic rings. The Kier molecular flexibility index (Phi) is 2.45. The first-order chi connectivity index (χ1) is 5.88. The zero-order valence-electron chi connectivity index (χ0n) is 7.51. The first kappa shape index (κ1) is 8.25. The normalized spacial score (nSPS) is 20.4. The summed E-state index contributed by atoms with van der Waals surface area (Å²) in [5, 5.41) is 4.61. The van der Waals surface area contributed by atoms with E-state index in [1.807, 2.05) is 0 Å². The summed E-state index contributed by atoms with van der Waals surface area (Å²) in [5.74, 6) is 0.833.